The highest BCUT2D eigenvalue weighted by Gasteiger charge is 2.33. The van der Waals surface area contributed by atoms with E-state index < -0.39 is 15.6 Å². The van der Waals surface area contributed by atoms with Gasteiger partial charge in [-0.05, 0) is 30.2 Å². The molecule has 6 nitrogen and oxygen atoms in total. The number of nitrogens with one attached hydrogen (secondary N) is 1. The molecule has 0 bridgehead atoms. The fourth-order valence-corrected chi connectivity index (χ4v) is 5.08. The second kappa shape index (κ2) is 8.00. The molecule has 0 spiro atoms. The molecule has 1 heterocycles. The summed E-state index contributed by atoms with van der Waals surface area (Å²) in [5.74, 6) is 0.0223. The van der Waals surface area contributed by atoms with E-state index in [9.17, 15) is 13.2 Å². The predicted octanol–water partition coefficient (Wildman–Crippen LogP) is 3.15. The fourth-order valence-electron chi connectivity index (χ4n) is 3.83. The Bertz CT molecular complexity index is 1200. The second-order valence-corrected chi connectivity index (χ2v) is 9.22. The lowest BCUT2D eigenvalue weighted by Crippen LogP contribution is -2.48. The van der Waals surface area contributed by atoms with Gasteiger partial charge >= 0.3 is 0 Å². The van der Waals surface area contributed by atoms with Gasteiger partial charge in [-0.3, -0.25) is 4.79 Å². The van der Waals surface area contributed by atoms with E-state index in [1.54, 1.807) is 30.1 Å². The Hall–Kier alpha value is -3.45. The molecule has 4 rings (SSSR count). The third kappa shape index (κ3) is 3.96. The van der Waals surface area contributed by atoms with Gasteiger partial charge in [0.2, 0.25) is 5.91 Å². The minimum Gasteiger partial charge on any atom is -0.349 e. The quantitative estimate of drug-likeness (QED) is 0.671. The minimum atomic E-state index is -3.74. The number of hydrogen-bond donors (Lipinski definition) is 1. The summed E-state index contributed by atoms with van der Waals surface area (Å²) in [6, 6.07) is 26.1. The smallest absolute Gasteiger partial charge is 0.285 e. The Morgan fingerprint density at radius 3 is 2.00 bits per heavy atom. The van der Waals surface area contributed by atoms with Gasteiger partial charge in [0.1, 0.15) is 4.90 Å². The molecule has 0 saturated carbocycles. The number of carbonyl (C=O) groups excluding carboxylic acids is 1. The van der Waals surface area contributed by atoms with Gasteiger partial charge in [0.15, 0.2) is 5.84 Å². The summed E-state index contributed by atoms with van der Waals surface area (Å²) in [6.07, 6.45) is 0. The van der Waals surface area contributed by atoms with Gasteiger partial charge < -0.3 is 10.2 Å². The molecule has 0 atom stereocenters. The molecule has 0 fully saturated rings. The van der Waals surface area contributed by atoms with Gasteiger partial charge in [-0.2, -0.15) is 8.42 Å². The van der Waals surface area contributed by atoms with Gasteiger partial charge in [-0.25, -0.2) is 0 Å². The van der Waals surface area contributed by atoms with Crippen molar-refractivity contribution in [2.75, 3.05) is 13.6 Å². The van der Waals surface area contributed by atoms with Crippen LogP contribution in [-0.4, -0.2) is 38.7 Å². The Balaban J connectivity index is 1.60. The summed E-state index contributed by atoms with van der Waals surface area (Å²) in [7, 11) is -2.08. The Labute approximate surface area is 182 Å². The van der Waals surface area contributed by atoms with Crippen LogP contribution in [-0.2, 0) is 20.4 Å². The molecule has 1 aliphatic rings. The minimum absolute atomic E-state index is 0.0437. The van der Waals surface area contributed by atoms with Gasteiger partial charge in [-0.1, -0.05) is 72.8 Å². The van der Waals surface area contributed by atoms with E-state index in [-0.39, 0.29) is 23.2 Å². The van der Waals surface area contributed by atoms with Crippen molar-refractivity contribution < 1.29 is 13.2 Å². The zero-order valence-electron chi connectivity index (χ0n) is 17.3. The van der Waals surface area contributed by atoms with Gasteiger partial charge in [-0.15, -0.1) is 4.40 Å². The molecule has 31 heavy (non-hydrogen) atoms. The zero-order valence-corrected chi connectivity index (χ0v) is 18.1. The van der Waals surface area contributed by atoms with Crippen LogP contribution in [0.3, 0.4) is 0 Å². The Kier molecular flexibility index (Phi) is 5.37. The van der Waals surface area contributed by atoms with Crippen molar-refractivity contribution in [3.8, 4) is 0 Å². The lowest BCUT2D eigenvalue weighted by molar-refractivity contribution is -0.122. The molecule has 7 heteroatoms. The van der Waals surface area contributed by atoms with Crippen molar-refractivity contribution in [1.29, 1.82) is 0 Å². The van der Waals surface area contributed by atoms with E-state index in [0.29, 0.717) is 5.56 Å². The Morgan fingerprint density at radius 2 is 1.42 bits per heavy atom. The maximum absolute atomic E-state index is 13.1. The number of amidine groups is 1. The van der Waals surface area contributed by atoms with Crippen LogP contribution in [0.5, 0.6) is 0 Å². The van der Waals surface area contributed by atoms with E-state index in [0.717, 1.165) is 11.1 Å². The zero-order chi connectivity index (χ0) is 22.1. The number of carbonyl (C=O) groups is 1. The number of benzene rings is 3. The van der Waals surface area contributed by atoms with Crippen LogP contribution in [0.15, 0.2) is 94.2 Å². The van der Waals surface area contributed by atoms with Crippen molar-refractivity contribution in [3.63, 3.8) is 0 Å². The molecule has 1 N–H and O–H groups in total. The highest BCUT2D eigenvalue weighted by Crippen LogP contribution is 2.30. The summed E-state index contributed by atoms with van der Waals surface area (Å²) < 4.78 is 28.6. The predicted molar refractivity (Wildman–Crippen MR) is 120 cm³/mol. The topological polar surface area (TPSA) is 78.8 Å². The van der Waals surface area contributed by atoms with Crippen LogP contribution in [0.4, 0.5) is 0 Å². The highest BCUT2D eigenvalue weighted by atomic mass is 32.2. The van der Waals surface area contributed by atoms with E-state index >= 15 is 0 Å². The van der Waals surface area contributed by atoms with Gasteiger partial charge in [0, 0.05) is 12.6 Å². The maximum Gasteiger partial charge on any atom is 0.285 e. The molecule has 0 aromatic heterocycles. The molecule has 3 aromatic carbocycles. The van der Waals surface area contributed by atoms with E-state index in [1.807, 2.05) is 67.6 Å². The first-order valence-electron chi connectivity index (χ1n) is 9.89. The summed E-state index contributed by atoms with van der Waals surface area (Å²) in [5.41, 5.74) is 1.65. The number of likely N-dealkylation sites (N-methyl/N-ethyl adjacent to an activating group) is 1. The third-order valence-corrected chi connectivity index (χ3v) is 6.77. The van der Waals surface area contributed by atoms with Crippen molar-refractivity contribution in [2.24, 2.45) is 4.40 Å². The first-order valence-corrected chi connectivity index (χ1v) is 11.3. The summed E-state index contributed by atoms with van der Waals surface area (Å²) in [4.78, 5) is 14.8. The van der Waals surface area contributed by atoms with Crippen LogP contribution in [0, 0.1) is 0 Å². The number of fused-ring (bicyclic) bond motifs is 1. The monoisotopic (exact) mass is 433 g/mol. The molecule has 1 aliphatic heterocycles. The molecule has 1 amide bonds. The van der Waals surface area contributed by atoms with Gasteiger partial charge in [0.25, 0.3) is 10.0 Å². The van der Waals surface area contributed by atoms with Crippen LogP contribution >= 0.6 is 0 Å². The SMILES string of the molecule is CN(CC(=O)NC(C)(c1ccccc1)c1ccccc1)C1=NS(=O)(=O)c2ccccc21. The molecule has 3 aromatic rings. The van der Waals surface area contributed by atoms with Crippen molar-refractivity contribution >= 4 is 21.8 Å². The number of amides is 1. The molecule has 0 unspecified atom stereocenters. The van der Waals surface area contributed by atoms with Crippen LogP contribution in [0.2, 0.25) is 0 Å². The molecular formula is C24H23N3O3S. The summed E-state index contributed by atoms with van der Waals surface area (Å²) in [6.45, 7) is 1.92. The van der Waals surface area contributed by atoms with Crippen LogP contribution in [0.1, 0.15) is 23.6 Å². The second-order valence-electron chi connectivity index (χ2n) is 7.65. The molecule has 0 aliphatic carbocycles. The number of hydrogen-bond acceptors (Lipinski definition) is 4. The average Bonchev–Trinajstić information content (AvgIpc) is 3.06. The largest absolute Gasteiger partial charge is 0.349 e. The third-order valence-electron chi connectivity index (χ3n) is 5.45. The number of nitrogens with zero attached hydrogens (tertiary/aromatic N) is 2. The van der Waals surface area contributed by atoms with Crippen molar-refractivity contribution in [1.82, 2.24) is 10.2 Å². The van der Waals surface area contributed by atoms with Crippen molar-refractivity contribution in [3.05, 3.63) is 102 Å². The van der Waals surface area contributed by atoms with Crippen LogP contribution < -0.4 is 5.32 Å². The maximum atomic E-state index is 13.1. The van der Waals surface area contributed by atoms with E-state index in [1.165, 1.54) is 6.07 Å². The fraction of sp³-hybridized carbons (Fsp3) is 0.167. The van der Waals surface area contributed by atoms with Crippen molar-refractivity contribution in [2.45, 2.75) is 17.4 Å². The normalized spacial score (nSPS) is 14.5. The Morgan fingerprint density at radius 1 is 0.903 bits per heavy atom. The van der Waals surface area contributed by atoms with Crippen LogP contribution in [0.25, 0.3) is 0 Å². The van der Waals surface area contributed by atoms with Gasteiger partial charge in [0.05, 0.1) is 12.1 Å². The average molecular weight is 434 g/mol. The lowest BCUT2D eigenvalue weighted by Gasteiger charge is -2.33. The number of sulfonamides is 1. The molecule has 0 saturated heterocycles. The number of rotatable bonds is 5. The standard InChI is InChI=1S/C24H23N3O3S/c1-24(18-11-5-3-6-12-18,19-13-7-4-8-14-19)25-22(28)17-27(2)23-20-15-9-10-16-21(20)31(29,30)26-23/h3-16H,17H2,1-2H3,(H,25,28). The van der Waals surface area contributed by atoms with E-state index in [4.69, 9.17) is 0 Å². The molecule has 0 radical (unpaired) electrons. The van der Waals surface area contributed by atoms with E-state index in [2.05, 4.69) is 9.71 Å². The lowest BCUT2D eigenvalue weighted by atomic mass is 9.84. The summed E-state index contributed by atoms with van der Waals surface area (Å²) in [5, 5.41) is 3.14. The molecule has 158 valence electrons. The first kappa shape index (κ1) is 20.8. The highest BCUT2D eigenvalue weighted by molar-refractivity contribution is 7.90. The first-order chi connectivity index (χ1) is 14.8. The molecular weight excluding hydrogens is 410 g/mol. The summed E-state index contributed by atoms with van der Waals surface area (Å²) >= 11 is 0.